The summed E-state index contributed by atoms with van der Waals surface area (Å²) in [5.41, 5.74) is 2.53. The summed E-state index contributed by atoms with van der Waals surface area (Å²) in [7, 11) is -3.57. The van der Waals surface area contributed by atoms with E-state index in [1.165, 1.54) is 15.6 Å². The minimum absolute atomic E-state index is 0.202. The minimum Gasteiger partial charge on any atom is -0.320 e. The van der Waals surface area contributed by atoms with E-state index in [4.69, 9.17) is 0 Å². The highest BCUT2D eigenvalue weighted by atomic mass is 32.2. The third-order valence-electron chi connectivity index (χ3n) is 5.17. The van der Waals surface area contributed by atoms with Crippen LogP contribution in [0.2, 0.25) is 0 Å². The lowest BCUT2D eigenvalue weighted by Crippen LogP contribution is -2.35. The highest BCUT2D eigenvalue weighted by Crippen LogP contribution is 2.27. The van der Waals surface area contributed by atoms with Gasteiger partial charge in [-0.1, -0.05) is 42.8 Å². The molecule has 8 heteroatoms. The van der Waals surface area contributed by atoms with Crippen molar-refractivity contribution in [2.45, 2.75) is 31.1 Å². The number of piperidine rings is 1. The largest absolute Gasteiger partial charge is 0.320 e. The normalized spacial score (nSPS) is 15.1. The topological polar surface area (TPSA) is 79.4 Å². The van der Waals surface area contributed by atoms with E-state index < -0.39 is 10.0 Å². The zero-order chi connectivity index (χ0) is 21.1. The van der Waals surface area contributed by atoms with Gasteiger partial charge >= 0.3 is 0 Å². The van der Waals surface area contributed by atoms with Gasteiger partial charge in [0.05, 0.1) is 4.90 Å². The number of benzene rings is 2. The van der Waals surface area contributed by atoms with Crippen molar-refractivity contribution in [2.75, 3.05) is 18.4 Å². The van der Waals surface area contributed by atoms with Crippen LogP contribution in [-0.4, -0.2) is 36.7 Å². The van der Waals surface area contributed by atoms with Gasteiger partial charge in [-0.3, -0.25) is 4.79 Å². The van der Waals surface area contributed by atoms with E-state index in [1.54, 1.807) is 23.6 Å². The second kappa shape index (κ2) is 8.67. The molecule has 0 atom stereocenters. The number of hydrogen-bond acceptors (Lipinski definition) is 5. The van der Waals surface area contributed by atoms with Gasteiger partial charge in [0.2, 0.25) is 10.0 Å². The van der Waals surface area contributed by atoms with Gasteiger partial charge < -0.3 is 5.32 Å². The van der Waals surface area contributed by atoms with E-state index >= 15 is 0 Å². The molecular weight excluding hydrogens is 418 g/mol. The van der Waals surface area contributed by atoms with Gasteiger partial charge in [-0.25, -0.2) is 13.4 Å². The second-order valence-corrected chi connectivity index (χ2v) is 10.1. The Morgan fingerprint density at radius 3 is 2.53 bits per heavy atom. The molecule has 30 heavy (non-hydrogen) atoms. The van der Waals surface area contributed by atoms with Gasteiger partial charge in [0.1, 0.15) is 10.7 Å². The minimum atomic E-state index is -3.57. The first-order chi connectivity index (χ1) is 14.4. The molecule has 156 valence electrons. The molecule has 1 aliphatic rings. The van der Waals surface area contributed by atoms with Crippen molar-refractivity contribution in [3.05, 3.63) is 65.2 Å². The van der Waals surface area contributed by atoms with Gasteiger partial charge in [-0.15, -0.1) is 11.3 Å². The SMILES string of the molecule is Cc1ccc(S(=O)(=O)N2CCCCC2)cc1NC(=O)c1csc(-c2ccccc2)n1. The molecule has 6 nitrogen and oxygen atoms in total. The van der Waals surface area contributed by atoms with Gasteiger partial charge in [0.25, 0.3) is 5.91 Å². The Morgan fingerprint density at radius 1 is 1.07 bits per heavy atom. The number of nitrogens with one attached hydrogen (secondary N) is 1. The number of aryl methyl sites for hydroxylation is 1. The fraction of sp³-hybridized carbons (Fsp3) is 0.273. The van der Waals surface area contributed by atoms with Crippen molar-refractivity contribution < 1.29 is 13.2 Å². The summed E-state index contributed by atoms with van der Waals surface area (Å²) >= 11 is 1.40. The first-order valence-corrected chi connectivity index (χ1v) is 12.2. The molecule has 1 fully saturated rings. The molecule has 2 heterocycles. The summed E-state index contributed by atoms with van der Waals surface area (Å²) in [6, 6.07) is 14.5. The molecule has 1 saturated heterocycles. The molecule has 1 aliphatic heterocycles. The number of amides is 1. The third-order valence-corrected chi connectivity index (χ3v) is 7.95. The average molecular weight is 442 g/mol. The molecule has 0 spiro atoms. The highest BCUT2D eigenvalue weighted by Gasteiger charge is 2.26. The summed E-state index contributed by atoms with van der Waals surface area (Å²) in [6.45, 7) is 2.92. The van der Waals surface area contributed by atoms with Crippen LogP contribution in [0.3, 0.4) is 0 Å². The molecule has 1 amide bonds. The Balaban J connectivity index is 1.55. The summed E-state index contributed by atoms with van der Waals surface area (Å²) in [5, 5.41) is 5.30. The number of carbonyl (C=O) groups is 1. The van der Waals surface area contributed by atoms with Crippen LogP contribution in [0.5, 0.6) is 0 Å². The number of rotatable bonds is 5. The van der Waals surface area contributed by atoms with Crippen LogP contribution >= 0.6 is 11.3 Å². The number of hydrogen-bond donors (Lipinski definition) is 1. The van der Waals surface area contributed by atoms with Crippen molar-refractivity contribution in [1.82, 2.24) is 9.29 Å². The smallest absolute Gasteiger partial charge is 0.275 e. The number of sulfonamides is 1. The maximum Gasteiger partial charge on any atom is 0.275 e. The zero-order valence-electron chi connectivity index (χ0n) is 16.7. The fourth-order valence-electron chi connectivity index (χ4n) is 3.43. The number of aromatic nitrogens is 1. The Morgan fingerprint density at radius 2 is 1.80 bits per heavy atom. The van der Waals surface area contributed by atoms with Gasteiger partial charge in [-0.2, -0.15) is 4.31 Å². The van der Waals surface area contributed by atoms with Crippen molar-refractivity contribution in [3.8, 4) is 10.6 Å². The zero-order valence-corrected chi connectivity index (χ0v) is 18.3. The Kier molecular flexibility index (Phi) is 5.99. The van der Waals surface area contributed by atoms with Crippen LogP contribution in [0, 0.1) is 6.92 Å². The number of anilines is 1. The van der Waals surface area contributed by atoms with Gasteiger partial charge in [0.15, 0.2) is 0 Å². The number of nitrogens with zero attached hydrogens (tertiary/aromatic N) is 2. The van der Waals surface area contributed by atoms with Crippen LogP contribution in [0.25, 0.3) is 10.6 Å². The predicted molar refractivity (Wildman–Crippen MR) is 119 cm³/mol. The van der Waals surface area contributed by atoms with Crippen molar-refractivity contribution in [2.24, 2.45) is 0 Å². The maximum absolute atomic E-state index is 13.0. The molecule has 0 unspecified atom stereocenters. The van der Waals surface area contributed by atoms with E-state index in [2.05, 4.69) is 10.3 Å². The molecule has 1 aromatic heterocycles. The fourth-order valence-corrected chi connectivity index (χ4v) is 5.78. The molecule has 0 saturated carbocycles. The van der Waals surface area contributed by atoms with E-state index in [0.717, 1.165) is 35.4 Å². The lowest BCUT2D eigenvalue weighted by atomic mass is 10.2. The molecule has 2 aromatic carbocycles. The van der Waals surface area contributed by atoms with Crippen LogP contribution in [0.4, 0.5) is 5.69 Å². The summed E-state index contributed by atoms with van der Waals surface area (Å²) in [5.74, 6) is -0.357. The van der Waals surface area contributed by atoms with E-state index in [9.17, 15) is 13.2 Å². The molecule has 0 bridgehead atoms. The van der Waals surface area contributed by atoms with Crippen molar-refractivity contribution in [1.29, 1.82) is 0 Å². The molecule has 0 aliphatic carbocycles. The second-order valence-electron chi connectivity index (χ2n) is 7.30. The van der Waals surface area contributed by atoms with Crippen LogP contribution < -0.4 is 5.32 Å². The molecule has 3 aromatic rings. The number of thiazole rings is 1. The standard InChI is InChI=1S/C22H23N3O3S2/c1-16-10-11-18(30(27,28)25-12-6-3-7-13-25)14-19(16)23-21(26)20-15-29-22(24-20)17-8-4-2-5-9-17/h2,4-5,8-11,14-15H,3,6-7,12-13H2,1H3,(H,23,26). The molecule has 1 N–H and O–H groups in total. The number of carbonyl (C=O) groups excluding carboxylic acids is 1. The Labute approximate surface area is 180 Å². The lowest BCUT2D eigenvalue weighted by Gasteiger charge is -2.26. The monoisotopic (exact) mass is 441 g/mol. The molecule has 4 rings (SSSR count). The lowest BCUT2D eigenvalue weighted by molar-refractivity contribution is 0.102. The van der Waals surface area contributed by atoms with E-state index in [0.29, 0.717) is 24.5 Å². The molecule has 0 radical (unpaired) electrons. The van der Waals surface area contributed by atoms with Gasteiger partial charge in [-0.05, 0) is 37.5 Å². The highest BCUT2D eigenvalue weighted by molar-refractivity contribution is 7.89. The first-order valence-electron chi connectivity index (χ1n) is 9.88. The summed E-state index contributed by atoms with van der Waals surface area (Å²) in [4.78, 5) is 17.4. The summed E-state index contributed by atoms with van der Waals surface area (Å²) in [6.07, 6.45) is 2.81. The van der Waals surface area contributed by atoms with Gasteiger partial charge in [0, 0.05) is 29.7 Å². The van der Waals surface area contributed by atoms with Crippen molar-refractivity contribution >= 4 is 33.0 Å². The van der Waals surface area contributed by atoms with Crippen molar-refractivity contribution in [3.63, 3.8) is 0 Å². The quantitative estimate of drug-likeness (QED) is 0.630. The third kappa shape index (κ3) is 4.30. The first kappa shape index (κ1) is 20.7. The Bertz CT molecular complexity index is 1150. The van der Waals surface area contributed by atoms with Crippen LogP contribution in [-0.2, 0) is 10.0 Å². The maximum atomic E-state index is 13.0. The van der Waals surface area contributed by atoms with Crippen LogP contribution in [0.1, 0.15) is 35.3 Å². The Hall–Kier alpha value is -2.55. The van der Waals surface area contributed by atoms with Crippen LogP contribution in [0.15, 0.2) is 58.8 Å². The molecular formula is C22H23N3O3S2. The van der Waals surface area contributed by atoms with E-state index in [-0.39, 0.29) is 10.8 Å². The predicted octanol–water partition coefficient (Wildman–Crippen LogP) is 4.55. The van der Waals surface area contributed by atoms with E-state index in [1.807, 2.05) is 37.3 Å². The average Bonchev–Trinajstić information content (AvgIpc) is 3.27. The summed E-state index contributed by atoms with van der Waals surface area (Å²) < 4.78 is 27.5.